The molecule has 2 N–H and O–H groups in total. The molecule has 0 saturated carbocycles. The van der Waals surface area contributed by atoms with E-state index in [1.807, 2.05) is 19.1 Å². The first-order valence-corrected chi connectivity index (χ1v) is 8.04. The van der Waals surface area contributed by atoms with Gasteiger partial charge in [-0.1, -0.05) is 40.8 Å². The monoisotopic (exact) mass is 339 g/mol. The number of benzene rings is 1. The van der Waals surface area contributed by atoms with Gasteiger partial charge in [-0.2, -0.15) is 0 Å². The van der Waals surface area contributed by atoms with Crippen molar-refractivity contribution in [2.75, 3.05) is 5.73 Å². The van der Waals surface area contributed by atoms with Gasteiger partial charge < -0.3 is 10.2 Å². The van der Waals surface area contributed by atoms with E-state index in [0.717, 1.165) is 9.90 Å². The van der Waals surface area contributed by atoms with Gasteiger partial charge in [0.2, 0.25) is 16.9 Å². The molecule has 1 atom stereocenters. The van der Waals surface area contributed by atoms with E-state index in [1.165, 1.54) is 23.1 Å². The highest BCUT2D eigenvalue weighted by atomic mass is 35.5. The molecule has 2 heterocycles. The molecular formula is C12H10ClN5OS2. The van der Waals surface area contributed by atoms with Crippen LogP contribution < -0.4 is 5.73 Å². The molecular weight excluding hydrogens is 330 g/mol. The van der Waals surface area contributed by atoms with Crippen LogP contribution >= 0.6 is 34.7 Å². The molecule has 0 amide bonds. The first kappa shape index (κ1) is 14.3. The molecule has 0 aliphatic rings. The third kappa shape index (κ3) is 3.34. The Labute approximate surface area is 133 Å². The zero-order valence-corrected chi connectivity index (χ0v) is 13.2. The van der Waals surface area contributed by atoms with Crippen LogP contribution in [0.25, 0.3) is 11.5 Å². The predicted octanol–water partition coefficient (Wildman–Crippen LogP) is 3.68. The van der Waals surface area contributed by atoms with E-state index in [2.05, 4.69) is 20.4 Å². The lowest BCUT2D eigenvalue weighted by atomic mass is 10.2. The Morgan fingerprint density at radius 2 is 2.14 bits per heavy atom. The van der Waals surface area contributed by atoms with E-state index < -0.39 is 0 Å². The molecule has 0 aliphatic heterocycles. The minimum Gasteiger partial charge on any atom is -0.419 e. The number of aromatic nitrogens is 4. The van der Waals surface area contributed by atoms with Gasteiger partial charge >= 0.3 is 0 Å². The summed E-state index contributed by atoms with van der Waals surface area (Å²) in [4.78, 5) is 0. The van der Waals surface area contributed by atoms with Gasteiger partial charge in [0.15, 0.2) is 4.34 Å². The Balaban J connectivity index is 1.78. The van der Waals surface area contributed by atoms with Crippen molar-refractivity contribution >= 4 is 39.8 Å². The van der Waals surface area contributed by atoms with Crippen molar-refractivity contribution in [3.05, 3.63) is 35.2 Å². The Morgan fingerprint density at radius 3 is 2.86 bits per heavy atom. The fourth-order valence-corrected chi connectivity index (χ4v) is 3.61. The van der Waals surface area contributed by atoms with Crippen LogP contribution in [0.2, 0.25) is 5.02 Å². The minimum atomic E-state index is -0.0437. The molecule has 3 rings (SSSR count). The van der Waals surface area contributed by atoms with E-state index in [-0.39, 0.29) is 5.25 Å². The van der Waals surface area contributed by atoms with Crippen LogP contribution in [0.15, 0.2) is 33.0 Å². The first-order chi connectivity index (χ1) is 10.1. The molecule has 21 heavy (non-hydrogen) atoms. The highest BCUT2D eigenvalue weighted by Crippen LogP contribution is 2.37. The lowest BCUT2D eigenvalue weighted by molar-refractivity contribution is 0.509. The van der Waals surface area contributed by atoms with E-state index in [4.69, 9.17) is 21.8 Å². The van der Waals surface area contributed by atoms with Crippen LogP contribution in [0, 0.1) is 0 Å². The summed E-state index contributed by atoms with van der Waals surface area (Å²) in [5, 5.41) is 16.9. The van der Waals surface area contributed by atoms with Gasteiger partial charge in [0.25, 0.3) is 0 Å². The number of nitrogens with zero attached hydrogens (tertiary/aromatic N) is 4. The predicted molar refractivity (Wildman–Crippen MR) is 83.3 cm³/mol. The Hall–Kier alpha value is -1.64. The average Bonchev–Trinajstić information content (AvgIpc) is 3.08. The fourth-order valence-electron chi connectivity index (χ4n) is 1.61. The van der Waals surface area contributed by atoms with Crippen molar-refractivity contribution in [2.45, 2.75) is 16.5 Å². The molecule has 1 aromatic carbocycles. The highest BCUT2D eigenvalue weighted by Gasteiger charge is 2.18. The summed E-state index contributed by atoms with van der Waals surface area (Å²) in [7, 11) is 0. The Kier molecular flexibility index (Phi) is 4.09. The van der Waals surface area contributed by atoms with Gasteiger partial charge in [-0.3, -0.25) is 0 Å². The van der Waals surface area contributed by atoms with Crippen LogP contribution in [-0.2, 0) is 0 Å². The largest absolute Gasteiger partial charge is 0.419 e. The number of nitrogen functional groups attached to an aromatic ring is 1. The molecule has 0 saturated heterocycles. The molecule has 0 spiro atoms. The number of anilines is 1. The standard InChI is InChI=1S/C12H10ClN5OS2/c1-6(20-12-18-17-11(14)21-12)9-15-16-10(19-9)7-3-2-4-8(13)5-7/h2-6H,1H3,(H2,14,17)/t6-/m0/s1. The Bertz CT molecular complexity index is 759. The third-order valence-corrected chi connectivity index (χ3v) is 4.72. The van der Waals surface area contributed by atoms with Crippen molar-refractivity contribution in [1.29, 1.82) is 0 Å². The second-order valence-corrected chi connectivity index (χ2v) is 7.16. The second-order valence-electron chi connectivity index (χ2n) is 4.12. The molecule has 108 valence electrons. The summed E-state index contributed by atoms with van der Waals surface area (Å²) >= 11 is 8.75. The van der Waals surface area contributed by atoms with Gasteiger partial charge in [0.05, 0.1) is 5.25 Å². The number of rotatable bonds is 4. The van der Waals surface area contributed by atoms with Crippen LogP contribution in [0.1, 0.15) is 18.1 Å². The zero-order chi connectivity index (χ0) is 14.8. The second kappa shape index (κ2) is 6.00. The first-order valence-electron chi connectivity index (χ1n) is 5.97. The highest BCUT2D eigenvalue weighted by molar-refractivity contribution is 8.01. The zero-order valence-electron chi connectivity index (χ0n) is 10.9. The van der Waals surface area contributed by atoms with Crippen molar-refractivity contribution in [3.63, 3.8) is 0 Å². The summed E-state index contributed by atoms with van der Waals surface area (Å²) in [6.07, 6.45) is 0. The SMILES string of the molecule is C[C@H](Sc1nnc(N)s1)c1nnc(-c2cccc(Cl)c2)o1. The topological polar surface area (TPSA) is 90.7 Å². The third-order valence-electron chi connectivity index (χ3n) is 2.56. The molecule has 0 bridgehead atoms. The summed E-state index contributed by atoms with van der Waals surface area (Å²) in [5.74, 6) is 0.959. The van der Waals surface area contributed by atoms with E-state index in [1.54, 1.807) is 12.1 Å². The van der Waals surface area contributed by atoms with Crippen LogP contribution in [0.4, 0.5) is 5.13 Å². The van der Waals surface area contributed by atoms with E-state index in [0.29, 0.717) is 21.9 Å². The average molecular weight is 340 g/mol. The van der Waals surface area contributed by atoms with Gasteiger partial charge in [-0.25, -0.2) is 0 Å². The van der Waals surface area contributed by atoms with Crippen LogP contribution in [0.5, 0.6) is 0 Å². The minimum absolute atomic E-state index is 0.0437. The lowest BCUT2D eigenvalue weighted by Crippen LogP contribution is -1.88. The number of nitrogens with two attached hydrogens (primary N) is 1. The summed E-state index contributed by atoms with van der Waals surface area (Å²) in [5.41, 5.74) is 6.35. The molecule has 3 aromatic rings. The van der Waals surface area contributed by atoms with Crippen molar-refractivity contribution in [2.24, 2.45) is 0 Å². The van der Waals surface area contributed by atoms with Gasteiger partial charge in [-0.05, 0) is 25.1 Å². The maximum Gasteiger partial charge on any atom is 0.247 e. The van der Waals surface area contributed by atoms with Gasteiger partial charge in [0.1, 0.15) is 0 Å². The van der Waals surface area contributed by atoms with Crippen LogP contribution in [0.3, 0.4) is 0 Å². The molecule has 6 nitrogen and oxygen atoms in total. The molecule has 9 heteroatoms. The number of thioether (sulfide) groups is 1. The van der Waals surface area contributed by atoms with Crippen LogP contribution in [-0.4, -0.2) is 20.4 Å². The fraction of sp³-hybridized carbons (Fsp3) is 0.167. The number of hydrogen-bond acceptors (Lipinski definition) is 8. The number of halogens is 1. The van der Waals surface area contributed by atoms with E-state index in [9.17, 15) is 0 Å². The maximum absolute atomic E-state index is 5.95. The summed E-state index contributed by atoms with van der Waals surface area (Å²) in [6, 6.07) is 7.28. The van der Waals surface area contributed by atoms with Crippen molar-refractivity contribution < 1.29 is 4.42 Å². The van der Waals surface area contributed by atoms with Crippen molar-refractivity contribution in [3.8, 4) is 11.5 Å². The molecule has 0 fully saturated rings. The molecule has 2 aromatic heterocycles. The summed E-state index contributed by atoms with van der Waals surface area (Å²) in [6.45, 7) is 1.96. The Morgan fingerprint density at radius 1 is 1.29 bits per heavy atom. The van der Waals surface area contributed by atoms with Gasteiger partial charge in [-0.15, -0.1) is 20.4 Å². The normalized spacial score (nSPS) is 12.5. The smallest absolute Gasteiger partial charge is 0.247 e. The van der Waals surface area contributed by atoms with Crippen molar-refractivity contribution in [1.82, 2.24) is 20.4 Å². The molecule has 0 radical (unpaired) electrons. The quantitative estimate of drug-likeness (QED) is 0.725. The number of hydrogen-bond donors (Lipinski definition) is 1. The summed E-state index contributed by atoms with van der Waals surface area (Å²) < 4.78 is 6.46. The van der Waals surface area contributed by atoms with Gasteiger partial charge in [0, 0.05) is 10.6 Å². The molecule has 0 aliphatic carbocycles. The molecule has 0 unspecified atom stereocenters. The lowest BCUT2D eigenvalue weighted by Gasteiger charge is -2.02. The van der Waals surface area contributed by atoms with E-state index >= 15 is 0 Å². The maximum atomic E-state index is 5.95.